The predicted octanol–water partition coefficient (Wildman–Crippen LogP) is 1.37. The Morgan fingerprint density at radius 2 is 2.10 bits per heavy atom. The van der Waals surface area contributed by atoms with E-state index in [4.69, 9.17) is 10.5 Å². The van der Waals surface area contributed by atoms with E-state index in [9.17, 15) is 4.79 Å². The molecule has 0 unspecified atom stereocenters. The van der Waals surface area contributed by atoms with Crippen molar-refractivity contribution in [1.82, 2.24) is 9.80 Å². The lowest BCUT2D eigenvalue weighted by Gasteiger charge is -2.22. The first-order chi connectivity index (χ1) is 10.1. The molecule has 0 spiro atoms. The summed E-state index contributed by atoms with van der Waals surface area (Å²) in [7, 11) is 1.72. The maximum Gasteiger partial charge on any atom is 0.255 e. The summed E-state index contributed by atoms with van der Waals surface area (Å²) in [5, 5.41) is 0. The molecule has 116 valence electrons. The number of benzene rings is 1. The van der Waals surface area contributed by atoms with Crippen LogP contribution in [0.5, 0.6) is 0 Å². The molecule has 0 bridgehead atoms. The molecule has 1 aromatic carbocycles. The van der Waals surface area contributed by atoms with Crippen molar-refractivity contribution in [2.45, 2.75) is 13.3 Å². The highest BCUT2D eigenvalue weighted by Gasteiger charge is 2.21. The van der Waals surface area contributed by atoms with E-state index in [2.05, 4.69) is 4.90 Å². The molecule has 1 aliphatic rings. The van der Waals surface area contributed by atoms with Crippen molar-refractivity contribution >= 4 is 11.6 Å². The molecule has 0 aromatic heterocycles. The van der Waals surface area contributed by atoms with Crippen molar-refractivity contribution in [2.75, 3.05) is 52.2 Å². The third kappa shape index (κ3) is 4.19. The number of methoxy groups -OCH3 is 1. The van der Waals surface area contributed by atoms with Gasteiger partial charge in [0.05, 0.1) is 12.2 Å². The molecule has 1 fully saturated rings. The first-order valence-corrected chi connectivity index (χ1v) is 7.48. The SMILES string of the molecule is COCCN1CCCN(C(=O)c2cc(C)ccc2N)CC1. The molecule has 0 radical (unpaired) electrons. The molecule has 0 atom stereocenters. The summed E-state index contributed by atoms with van der Waals surface area (Å²) in [6.07, 6.45) is 0.987. The molecule has 1 saturated heterocycles. The van der Waals surface area contributed by atoms with Gasteiger partial charge >= 0.3 is 0 Å². The monoisotopic (exact) mass is 291 g/mol. The van der Waals surface area contributed by atoms with Crippen LogP contribution in [0.25, 0.3) is 0 Å². The van der Waals surface area contributed by atoms with Gasteiger partial charge in [-0.2, -0.15) is 0 Å². The van der Waals surface area contributed by atoms with E-state index in [0.717, 1.165) is 51.3 Å². The fourth-order valence-corrected chi connectivity index (χ4v) is 2.64. The van der Waals surface area contributed by atoms with Crippen molar-refractivity contribution in [3.63, 3.8) is 0 Å². The number of carbonyl (C=O) groups is 1. The standard InChI is InChI=1S/C16H25N3O2/c1-13-4-5-15(17)14(12-13)16(20)19-7-3-6-18(8-9-19)10-11-21-2/h4-5,12H,3,6-11,17H2,1-2H3. The maximum absolute atomic E-state index is 12.6. The number of nitrogens with zero attached hydrogens (tertiary/aromatic N) is 2. The van der Waals surface area contributed by atoms with Gasteiger partial charge < -0.3 is 15.4 Å². The largest absolute Gasteiger partial charge is 0.398 e. The third-order valence-corrected chi connectivity index (χ3v) is 3.93. The number of carbonyl (C=O) groups excluding carboxylic acids is 1. The molecule has 1 amide bonds. The van der Waals surface area contributed by atoms with E-state index in [0.29, 0.717) is 11.3 Å². The van der Waals surface area contributed by atoms with Crippen molar-refractivity contribution in [3.05, 3.63) is 29.3 Å². The molecule has 0 aliphatic carbocycles. The van der Waals surface area contributed by atoms with Crippen LogP contribution in [0.4, 0.5) is 5.69 Å². The quantitative estimate of drug-likeness (QED) is 0.851. The van der Waals surface area contributed by atoms with E-state index in [1.54, 1.807) is 7.11 Å². The number of ether oxygens (including phenoxy) is 1. The van der Waals surface area contributed by atoms with Crippen LogP contribution in [0.1, 0.15) is 22.3 Å². The maximum atomic E-state index is 12.6. The highest BCUT2D eigenvalue weighted by Crippen LogP contribution is 2.17. The number of aryl methyl sites for hydroxylation is 1. The Balaban J connectivity index is 2.01. The molecule has 2 rings (SSSR count). The zero-order valence-corrected chi connectivity index (χ0v) is 13.0. The van der Waals surface area contributed by atoms with Gasteiger partial charge in [0.1, 0.15) is 0 Å². The van der Waals surface area contributed by atoms with Gasteiger partial charge in [0.15, 0.2) is 0 Å². The molecular weight excluding hydrogens is 266 g/mol. The molecule has 0 saturated carbocycles. The summed E-state index contributed by atoms with van der Waals surface area (Å²) >= 11 is 0. The highest BCUT2D eigenvalue weighted by molar-refractivity contribution is 5.99. The van der Waals surface area contributed by atoms with Crippen molar-refractivity contribution in [2.24, 2.45) is 0 Å². The minimum absolute atomic E-state index is 0.0461. The number of rotatable bonds is 4. The molecule has 1 heterocycles. The molecule has 2 N–H and O–H groups in total. The Morgan fingerprint density at radius 3 is 2.86 bits per heavy atom. The van der Waals surface area contributed by atoms with Crippen LogP contribution in [0, 0.1) is 6.92 Å². The van der Waals surface area contributed by atoms with Crippen LogP contribution in [0.3, 0.4) is 0 Å². The van der Waals surface area contributed by atoms with E-state index in [1.807, 2.05) is 30.0 Å². The average molecular weight is 291 g/mol. The first kappa shape index (κ1) is 15.8. The fraction of sp³-hybridized carbons (Fsp3) is 0.562. The predicted molar refractivity (Wildman–Crippen MR) is 84.4 cm³/mol. The van der Waals surface area contributed by atoms with Gasteiger partial charge in [0.25, 0.3) is 5.91 Å². The zero-order valence-electron chi connectivity index (χ0n) is 13.0. The molecular formula is C16H25N3O2. The van der Waals surface area contributed by atoms with Gasteiger partial charge in [0.2, 0.25) is 0 Å². The Hall–Kier alpha value is -1.59. The summed E-state index contributed by atoms with van der Waals surface area (Å²) in [5.41, 5.74) is 8.20. The second-order valence-corrected chi connectivity index (χ2v) is 5.57. The highest BCUT2D eigenvalue weighted by atomic mass is 16.5. The smallest absolute Gasteiger partial charge is 0.255 e. The number of hydrogen-bond donors (Lipinski definition) is 1. The van der Waals surface area contributed by atoms with Gasteiger partial charge in [-0.1, -0.05) is 11.6 Å². The Kier molecular flexibility index (Phi) is 5.59. The Morgan fingerprint density at radius 1 is 1.29 bits per heavy atom. The second-order valence-electron chi connectivity index (χ2n) is 5.57. The normalized spacial score (nSPS) is 16.8. The molecule has 5 nitrogen and oxygen atoms in total. The topological polar surface area (TPSA) is 58.8 Å². The summed E-state index contributed by atoms with van der Waals surface area (Å²) in [5.74, 6) is 0.0461. The van der Waals surface area contributed by atoms with Gasteiger partial charge in [-0.15, -0.1) is 0 Å². The van der Waals surface area contributed by atoms with E-state index >= 15 is 0 Å². The molecule has 5 heteroatoms. The van der Waals surface area contributed by atoms with Crippen LogP contribution in [-0.2, 0) is 4.74 Å². The number of anilines is 1. The van der Waals surface area contributed by atoms with Crippen molar-refractivity contribution < 1.29 is 9.53 Å². The molecule has 1 aliphatic heterocycles. The number of amides is 1. The van der Waals surface area contributed by atoms with E-state index < -0.39 is 0 Å². The second kappa shape index (κ2) is 7.43. The van der Waals surface area contributed by atoms with Crippen LogP contribution in [0.15, 0.2) is 18.2 Å². The lowest BCUT2D eigenvalue weighted by atomic mass is 10.1. The minimum atomic E-state index is 0.0461. The van der Waals surface area contributed by atoms with Gasteiger partial charge in [0, 0.05) is 39.0 Å². The van der Waals surface area contributed by atoms with E-state index in [1.165, 1.54) is 0 Å². The fourth-order valence-electron chi connectivity index (χ4n) is 2.64. The average Bonchev–Trinajstić information content (AvgIpc) is 2.72. The van der Waals surface area contributed by atoms with Gasteiger partial charge in [-0.25, -0.2) is 0 Å². The minimum Gasteiger partial charge on any atom is -0.398 e. The molecule has 21 heavy (non-hydrogen) atoms. The lowest BCUT2D eigenvalue weighted by Crippen LogP contribution is -2.36. The van der Waals surface area contributed by atoms with Crippen LogP contribution in [0.2, 0.25) is 0 Å². The van der Waals surface area contributed by atoms with Gasteiger partial charge in [-0.3, -0.25) is 9.69 Å². The van der Waals surface area contributed by atoms with Crippen molar-refractivity contribution in [3.8, 4) is 0 Å². The number of nitrogens with two attached hydrogens (primary N) is 1. The summed E-state index contributed by atoms with van der Waals surface area (Å²) in [4.78, 5) is 16.9. The van der Waals surface area contributed by atoms with Crippen LogP contribution in [-0.4, -0.2) is 62.1 Å². The lowest BCUT2D eigenvalue weighted by molar-refractivity contribution is 0.0760. The third-order valence-electron chi connectivity index (χ3n) is 3.93. The molecule has 1 aromatic rings. The number of nitrogen functional groups attached to an aromatic ring is 1. The zero-order chi connectivity index (χ0) is 15.2. The summed E-state index contributed by atoms with van der Waals surface area (Å²) in [6.45, 7) is 7.07. The number of hydrogen-bond acceptors (Lipinski definition) is 4. The van der Waals surface area contributed by atoms with Gasteiger partial charge in [-0.05, 0) is 32.0 Å². The van der Waals surface area contributed by atoms with E-state index in [-0.39, 0.29) is 5.91 Å². The Labute approximate surface area is 126 Å². The van der Waals surface area contributed by atoms with Crippen LogP contribution < -0.4 is 5.73 Å². The summed E-state index contributed by atoms with van der Waals surface area (Å²) in [6, 6.07) is 5.62. The Bertz CT molecular complexity index is 490. The van der Waals surface area contributed by atoms with Crippen molar-refractivity contribution in [1.29, 1.82) is 0 Å². The first-order valence-electron chi connectivity index (χ1n) is 7.48. The summed E-state index contributed by atoms with van der Waals surface area (Å²) < 4.78 is 5.12. The van der Waals surface area contributed by atoms with Crippen LogP contribution >= 0.6 is 0 Å².